The van der Waals surface area contributed by atoms with Gasteiger partial charge in [-0.15, -0.1) is 5.76 Å². The number of carbonyl (C=O) groups is 1. The maximum atomic E-state index is 13.1. The van der Waals surface area contributed by atoms with Crippen LogP contribution in [0.5, 0.6) is 0 Å². The number of allylic oxidation sites excluding steroid dienone is 7. The van der Waals surface area contributed by atoms with E-state index >= 15 is 0 Å². The molecule has 0 spiro atoms. The molecule has 0 saturated heterocycles. The highest BCUT2D eigenvalue weighted by molar-refractivity contribution is 6.29. The van der Waals surface area contributed by atoms with E-state index in [-0.39, 0.29) is 29.3 Å². The molecule has 2 atom stereocenters. The first-order chi connectivity index (χ1) is 20.9. The maximum absolute atomic E-state index is 13.1. The van der Waals surface area contributed by atoms with Crippen molar-refractivity contribution in [3.8, 4) is 6.07 Å². The Labute approximate surface area is 253 Å². The minimum Gasteiger partial charge on any atom is -0.874 e. The molecule has 2 aromatic rings. The molecule has 0 N–H and O–H groups in total. The molecule has 0 aliphatic heterocycles. The lowest BCUT2D eigenvalue weighted by atomic mass is 9.71. The van der Waals surface area contributed by atoms with Gasteiger partial charge in [-0.25, -0.2) is 14.7 Å². The average Bonchev–Trinajstić information content (AvgIpc) is 3.40. The van der Waals surface area contributed by atoms with Crippen molar-refractivity contribution < 1.29 is 19.2 Å². The fourth-order valence-corrected chi connectivity index (χ4v) is 6.27. The van der Waals surface area contributed by atoms with Crippen molar-refractivity contribution in [2.75, 3.05) is 37.7 Å². The normalized spacial score (nSPS) is 21.7. The predicted molar refractivity (Wildman–Crippen MR) is 167 cm³/mol. The van der Waals surface area contributed by atoms with E-state index in [1.165, 1.54) is 0 Å². The number of nitrogens with zero attached hydrogens (tertiary/aromatic N) is 4. The van der Waals surface area contributed by atoms with Crippen molar-refractivity contribution in [2.24, 2.45) is 11.8 Å². The fraction of sp³-hybridized carbons (Fsp3) is 0.333. The van der Waals surface area contributed by atoms with Crippen LogP contribution in [0.1, 0.15) is 50.0 Å². The standard InChI is InChI=1S/C36H36N4O3/c1-5-39(6-2)26-16-12-24(13-17-26)33-35(41)34(36(33)42)25-14-18-27(19-15-25)40(7-3)20-21-43-32-22-30(31(23-37)38-4)28-10-8-9-11-29(28)32/h8-19,25,32,34H,5-7,20-22H2,1-3H3/b31-30+,40-27?. The van der Waals surface area contributed by atoms with Crippen LogP contribution < -0.4 is 10.0 Å². The number of Topliss-reactive ketones (excluding diaryl/α,β-unsaturated/α-hetero) is 1. The van der Waals surface area contributed by atoms with E-state index in [9.17, 15) is 15.2 Å². The van der Waals surface area contributed by atoms with E-state index in [0.29, 0.717) is 30.7 Å². The van der Waals surface area contributed by atoms with Crippen molar-refractivity contribution >= 4 is 28.3 Å². The van der Waals surface area contributed by atoms with Crippen LogP contribution >= 0.6 is 0 Å². The molecule has 7 heteroatoms. The fourth-order valence-electron chi connectivity index (χ4n) is 6.27. The van der Waals surface area contributed by atoms with Gasteiger partial charge < -0.3 is 14.7 Å². The highest BCUT2D eigenvalue weighted by Crippen LogP contribution is 2.43. The zero-order valence-corrected chi connectivity index (χ0v) is 24.9. The van der Waals surface area contributed by atoms with Crippen LogP contribution in [-0.2, 0) is 9.53 Å². The number of fused-ring (bicyclic) bond motifs is 1. The van der Waals surface area contributed by atoms with Crippen LogP contribution in [0.4, 0.5) is 5.69 Å². The second kappa shape index (κ2) is 13.1. The van der Waals surface area contributed by atoms with E-state index in [1.807, 2.05) is 78.9 Å². The number of anilines is 1. The van der Waals surface area contributed by atoms with Gasteiger partial charge in [-0.3, -0.25) is 4.79 Å². The van der Waals surface area contributed by atoms with Gasteiger partial charge in [-0.2, -0.15) is 0 Å². The van der Waals surface area contributed by atoms with Crippen LogP contribution in [0.2, 0.25) is 0 Å². The van der Waals surface area contributed by atoms with E-state index in [1.54, 1.807) is 0 Å². The molecular formula is C36H36N4O3. The molecule has 3 aliphatic rings. The highest BCUT2D eigenvalue weighted by Gasteiger charge is 2.38. The van der Waals surface area contributed by atoms with Crippen molar-refractivity contribution in [3.63, 3.8) is 0 Å². The van der Waals surface area contributed by atoms with Gasteiger partial charge in [0.2, 0.25) is 0 Å². The monoisotopic (exact) mass is 572 g/mol. The molecule has 0 aromatic heterocycles. The summed E-state index contributed by atoms with van der Waals surface area (Å²) in [5, 5.41) is 22.5. The second-order valence-electron chi connectivity index (χ2n) is 10.8. The number of benzene rings is 2. The molecule has 0 heterocycles. The summed E-state index contributed by atoms with van der Waals surface area (Å²) in [6.45, 7) is 17.3. The molecular weight excluding hydrogens is 536 g/mol. The summed E-state index contributed by atoms with van der Waals surface area (Å²) in [4.78, 5) is 18.8. The molecule has 0 radical (unpaired) electrons. The largest absolute Gasteiger partial charge is 0.874 e. The first-order valence-electron chi connectivity index (χ1n) is 15.0. The van der Waals surface area contributed by atoms with Crippen molar-refractivity contribution in [1.29, 1.82) is 5.26 Å². The van der Waals surface area contributed by atoms with Gasteiger partial charge in [0.05, 0.1) is 18.7 Å². The number of rotatable bonds is 10. The Bertz CT molecular complexity index is 1610. The molecule has 0 bridgehead atoms. The van der Waals surface area contributed by atoms with E-state index in [4.69, 9.17) is 11.3 Å². The summed E-state index contributed by atoms with van der Waals surface area (Å²) in [6.07, 6.45) is 8.21. The summed E-state index contributed by atoms with van der Waals surface area (Å²) < 4.78 is 8.47. The Morgan fingerprint density at radius 3 is 2.42 bits per heavy atom. The van der Waals surface area contributed by atoms with Gasteiger partial charge in [0, 0.05) is 48.3 Å². The highest BCUT2D eigenvalue weighted by atomic mass is 16.5. The number of hydrogen-bond donors (Lipinski definition) is 0. The number of nitriles is 1. The molecule has 218 valence electrons. The lowest BCUT2D eigenvalue weighted by Gasteiger charge is -2.40. The summed E-state index contributed by atoms with van der Waals surface area (Å²) in [7, 11) is 0. The van der Waals surface area contributed by atoms with Gasteiger partial charge in [0.1, 0.15) is 13.2 Å². The topological polar surface area (TPSA) is 83.8 Å². The van der Waals surface area contributed by atoms with E-state index < -0.39 is 5.92 Å². The van der Waals surface area contributed by atoms with E-state index in [0.717, 1.165) is 47.7 Å². The van der Waals surface area contributed by atoms with Crippen molar-refractivity contribution in [3.05, 3.63) is 112 Å². The van der Waals surface area contributed by atoms with Gasteiger partial charge >= 0.3 is 0 Å². The second-order valence-corrected chi connectivity index (χ2v) is 10.8. The van der Waals surface area contributed by atoms with Gasteiger partial charge in [0.15, 0.2) is 18.0 Å². The third-order valence-electron chi connectivity index (χ3n) is 8.66. The zero-order chi connectivity index (χ0) is 30.5. The number of ether oxygens (including phenoxy) is 1. The predicted octanol–water partition coefficient (Wildman–Crippen LogP) is 5.33. The maximum Gasteiger partial charge on any atom is 0.265 e. The Balaban J connectivity index is 1.23. The Kier molecular flexibility index (Phi) is 9.04. The van der Waals surface area contributed by atoms with Crippen LogP contribution in [0, 0.1) is 29.7 Å². The number of likely N-dealkylation sites (N-methyl/N-ethyl adjacent to an activating group) is 1. The molecule has 5 rings (SSSR count). The molecule has 0 saturated carbocycles. The minimum absolute atomic E-state index is 0.0906. The smallest absolute Gasteiger partial charge is 0.265 e. The third-order valence-corrected chi connectivity index (χ3v) is 8.66. The summed E-state index contributed by atoms with van der Waals surface area (Å²) >= 11 is 0. The van der Waals surface area contributed by atoms with Gasteiger partial charge in [0.25, 0.3) is 5.70 Å². The number of carbonyl (C=O) groups excluding carboxylic acids is 1. The quantitative estimate of drug-likeness (QED) is 0.218. The van der Waals surface area contributed by atoms with Crippen LogP contribution in [0.3, 0.4) is 0 Å². The lowest BCUT2D eigenvalue weighted by molar-refractivity contribution is -0.526. The van der Waals surface area contributed by atoms with Gasteiger partial charge in [-0.1, -0.05) is 48.6 Å². The first kappa shape index (κ1) is 29.8. The molecule has 0 fully saturated rings. The molecule has 2 unspecified atom stereocenters. The summed E-state index contributed by atoms with van der Waals surface area (Å²) in [5.74, 6) is -1.10. The van der Waals surface area contributed by atoms with Crippen LogP contribution in [-0.4, -0.2) is 48.9 Å². The molecule has 0 amide bonds. The Morgan fingerprint density at radius 2 is 1.81 bits per heavy atom. The lowest BCUT2D eigenvalue weighted by Crippen LogP contribution is -2.41. The van der Waals surface area contributed by atoms with Crippen molar-refractivity contribution in [2.45, 2.75) is 33.3 Å². The zero-order valence-electron chi connectivity index (χ0n) is 24.9. The summed E-state index contributed by atoms with van der Waals surface area (Å²) in [6, 6.07) is 17.5. The van der Waals surface area contributed by atoms with Crippen LogP contribution in [0.15, 0.2) is 84.3 Å². The summed E-state index contributed by atoms with van der Waals surface area (Å²) in [5.41, 5.74) is 5.90. The number of ketones is 1. The third kappa shape index (κ3) is 5.69. The first-order valence-corrected chi connectivity index (χ1v) is 15.0. The number of hydrogen-bond acceptors (Lipinski definition) is 5. The molecule has 7 nitrogen and oxygen atoms in total. The average molecular weight is 573 g/mol. The Morgan fingerprint density at radius 1 is 1.12 bits per heavy atom. The minimum atomic E-state index is -0.664. The SMILES string of the molecule is [C-]#[N+]/C(C#N)=C1\CC(OCC[N+](CC)=C2C=CC(C3C(=O)C(c4ccc(N(CC)CC)cc4)=C3[O-])C=C2)c2ccccc21. The Hall–Kier alpha value is -4.72. The van der Waals surface area contributed by atoms with Crippen molar-refractivity contribution in [1.82, 2.24) is 0 Å². The molecule has 2 aromatic carbocycles. The molecule has 3 aliphatic carbocycles. The molecule has 43 heavy (non-hydrogen) atoms. The van der Waals surface area contributed by atoms with Gasteiger partial charge in [-0.05, 0) is 61.6 Å². The van der Waals surface area contributed by atoms with Crippen LogP contribution in [0.25, 0.3) is 16.0 Å². The van der Waals surface area contributed by atoms with E-state index in [2.05, 4.69) is 35.1 Å².